The van der Waals surface area contributed by atoms with Gasteiger partial charge in [-0.2, -0.15) is 15.4 Å². The van der Waals surface area contributed by atoms with E-state index in [1.165, 1.54) is 29.6 Å². The van der Waals surface area contributed by atoms with E-state index in [4.69, 9.17) is 28.0 Å². The number of hydrogen-bond acceptors (Lipinski definition) is 14. The number of fused-ring (bicyclic) bond motifs is 1. The number of para-hydroxylation sites is 1. The van der Waals surface area contributed by atoms with Crippen molar-refractivity contribution in [3.63, 3.8) is 0 Å². The number of nitrogens with zero attached hydrogens (tertiary/aromatic N) is 4. The zero-order valence-corrected chi connectivity index (χ0v) is 34.7. The summed E-state index contributed by atoms with van der Waals surface area (Å²) in [5.74, 6) is -3.79. The molecule has 0 aliphatic carbocycles. The van der Waals surface area contributed by atoms with E-state index in [-0.39, 0.29) is 47.1 Å². The Balaban J connectivity index is 1.79. The molecule has 1 aliphatic heterocycles. The molecule has 6 unspecified atom stereocenters. The van der Waals surface area contributed by atoms with Crippen LogP contribution in [0.15, 0.2) is 48.8 Å². The van der Waals surface area contributed by atoms with E-state index in [2.05, 4.69) is 26.6 Å². The first kappa shape index (κ1) is 44.8. The minimum Gasteiger partial charge on any atom is -0.464 e. The Kier molecular flexibility index (Phi) is 15.3. The largest absolute Gasteiger partial charge is 0.464 e. The maximum absolute atomic E-state index is 14.6. The SMILES string of the molecule is CCC(CC)COC(=O)C(C)NP(=O)(OCC1OC(C#N)(c2ccc3c(NC(=O)C(C)C)ncnn23)C(OC(=O)C(C)C)C1OC(=O)C(C)C)Oc1ccccc1. The monoisotopic (exact) mass is 812 g/mol. The van der Waals surface area contributed by atoms with Crippen molar-refractivity contribution in [1.29, 1.82) is 5.26 Å². The van der Waals surface area contributed by atoms with Crippen molar-refractivity contribution < 1.29 is 51.7 Å². The number of esters is 3. The molecular formula is C39H53N6O11P. The number of benzene rings is 1. The number of ether oxygens (including phenoxy) is 4. The molecule has 57 heavy (non-hydrogen) atoms. The predicted molar refractivity (Wildman–Crippen MR) is 206 cm³/mol. The average molecular weight is 813 g/mol. The summed E-state index contributed by atoms with van der Waals surface area (Å²) in [5, 5.41) is 20.7. The molecule has 6 atom stereocenters. The van der Waals surface area contributed by atoms with Gasteiger partial charge in [-0.1, -0.05) is 86.4 Å². The quantitative estimate of drug-likeness (QED) is 0.0838. The van der Waals surface area contributed by atoms with Crippen LogP contribution in [-0.2, 0) is 52.8 Å². The Morgan fingerprint density at radius 1 is 0.930 bits per heavy atom. The Morgan fingerprint density at radius 3 is 2.18 bits per heavy atom. The predicted octanol–water partition coefficient (Wildman–Crippen LogP) is 5.74. The summed E-state index contributed by atoms with van der Waals surface area (Å²) >= 11 is 0. The highest BCUT2D eigenvalue weighted by Crippen LogP contribution is 2.48. The average Bonchev–Trinajstić information content (AvgIpc) is 3.74. The van der Waals surface area contributed by atoms with Crippen LogP contribution >= 0.6 is 7.75 Å². The third-order valence-corrected chi connectivity index (χ3v) is 10.9. The summed E-state index contributed by atoms with van der Waals surface area (Å²) in [6.45, 7) is 14.7. The molecule has 17 nitrogen and oxygen atoms in total. The number of anilines is 1. The number of carbonyl (C=O) groups is 4. The topological polar surface area (TPSA) is 219 Å². The molecule has 310 valence electrons. The Hall–Kier alpha value is -4.88. The molecule has 1 saturated heterocycles. The van der Waals surface area contributed by atoms with Gasteiger partial charge in [0.1, 0.15) is 35.8 Å². The van der Waals surface area contributed by atoms with Gasteiger partial charge in [0.05, 0.1) is 30.7 Å². The van der Waals surface area contributed by atoms with Gasteiger partial charge in [0.25, 0.3) is 0 Å². The molecule has 1 fully saturated rings. The van der Waals surface area contributed by atoms with Crippen molar-refractivity contribution in [2.45, 2.75) is 105 Å². The van der Waals surface area contributed by atoms with Crippen molar-refractivity contribution in [3.8, 4) is 11.8 Å². The molecule has 1 amide bonds. The van der Waals surface area contributed by atoms with Crippen molar-refractivity contribution in [2.75, 3.05) is 18.5 Å². The summed E-state index contributed by atoms with van der Waals surface area (Å²) in [5.41, 5.74) is -1.92. The molecule has 0 spiro atoms. The lowest BCUT2D eigenvalue weighted by molar-refractivity contribution is -0.173. The molecule has 0 bridgehead atoms. The molecule has 3 heterocycles. The van der Waals surface area contributed by atoms with Gasteiger partial charge in [-0.05, 0) is 37.1 Å². The van der Waals surface area contributed by atoms with Gasteiger partial charge in [-0.25, -0.2) is 14.1 Å². The standard InChI is InChI=1S/C39H53N6O11P/c1-10-27(11-2)19-51-38(49)26(9)44-57(50,56-28-15-13-12-14-16-28)52-20-30-32(53-36(47)24(5)6)33(54-37(48)25(7)8)39(21-40,55-30)31-18-17-29-34(41-22-42-45(29)31)43-35(46)23(3)4/h12-18,22-27,30,32-33H,10-11,19-20H2,1-9H3,(H,44,50)(H,41,42,43,46). The van der Waals surface area contributed by atoms with Gasteiger partial charge < -0.3 is 28.8 Å². The lowest BCUT2D eigenvalue weighted by atomic mass is 9.92. The lowest BCUT2D eigenvalue weighted by Gasteiger charge is -2.29. The minimum atomic E-state index is -4.51. The second kappa shape index (κ2) is 19.5. The van der Waals surface area contributed by atoms with Crippen LogP contribution in [0, 0.1) is 35.0 Å². The van der Waals surface area contributed by atoms with Gasteiger partial charge >= 0.3 is 25.7 Å². The number of aromatic nitrogens is 3. The Bertz CT molecular complexity index is 1960. The number of nitriles is 1. The van der Waals surface area contributed by atoms with Gasteiger partial charge in [-0.15, -0.1) is 0 Å². The van der Waals surface area contributed by atoms with Gasteiger partial charge in [0.2, 0.25) is 11.5 Å². The molecule has 1 aromatic carbocycles. The van der Waals surface area contributed by atoms with Crippen LogP contribution in [0.2, 0.25) is 0 Å². The number of carbonyl (C=O) groups excluding carboxylic acids is 4. The summed E-state index contributed by atoms with van der Waals surface area (Å²) < 4.78 is 51.6. The summed E-state index contributed by atoms with van der Waals surface area (Å²) in [6.07, 6.45) is -1.81. The molecule has 2 aromatic heterocycles. The first-order valence-electron chi connectivity index (χ1n) is 19.1. The van der Waals surface area contributed by atoms with E-state index >= 15 is 0 Å². The van der Waals surface area contributed by atoms with E-state index in [0.29, 0.717) is 0 Å². The van der Waals surface area contributed by atoms with E-state index in [1.54, 1.807) is 65.8 Å². The van der Waals surface area contributed by atoms with Crippen molar-refractivity contribution in [2.24, 2.45) is 23.7 Å². The molecule has 0 saturated carbocycles. The highest BCUT2D eigenvalue weighted by Gasteiger charge is 2.63. The molecule has 4 rings (SSSR count). The van der Waals surface area contributed by atoms with Crippen LogP contribution in [0.4, 0.5) is 5.82 Å². The molecule has 2 N–H and O–H groups in total. The summed E-state index contributed by atoms with van der Waals surface area (Å²) in [4.78, 5) is 56.5. The Labute approximate surface area is 332 Å². The number of nitrogens with one attached hydrogen (secondary N) is 2. The second-order valence-corrected chi connectivity index (χ2v) is 16.4. The zero-order chi connectivity index (χ0) is 42.1. The van der Waals surface area contributed by atoms with E-state index < -0.39 is 74.1 Å². The van der Waals surface area contributed by atoms with Crippen LogP contribution in [0.3, 0.4) is 0 Å². The maximum Gasteiger partial charge on any atom is 0.459 e. The number of hydrogen-bond donors (Lipinski definition) is 2. The minimum absolute atomic E-state index is 0.0350. The van der Waals surface area contributed by atoms with Crippen LogP contribution < -0.4 is 14.9 Å². The third-order valence-electron chi connectivity index (χ3n) is 9.30. The fraction of sp³-hybridized carbons (Fsp3) is 0.564. The zero-order valence-electron chi connectivity index (χ0n) is 33.8. The van der Waals surface area contributed by atoms with Crippen molar-refractivity contribution in [3.05, 3.63) is 54.5 Å². The fourth-order valence-corrected chi connectivity index (χ4v) is 7.20. The lowest BCUT2D eigenvalue weighted by Crippen LogP contribution is -2.47. The highest BCUT2D eigenvalue weighted by atomic mass is 31.2. The van der Waals surface area contributed by atoms with E-state index in [0.717, 1.165) is 19.2 Å². The summed E-state index contributed by atoms with van der Waals surface area (Å²) in [7, 11) is -4.51. The van der Waals surface area contributed by atoms with Gasteiger partial charge in [0.15, 0.2) is 18.0 Å². The second-order valence-electron chi connectivity index (χ2n) is 14.7. The normalized spacial score (nSPS) is 20.9. The molecular weight excluding hydrogens is 759 g/mol. The van der Waals surface area contributed by atoms with E-state index in [9.17, 15) is 29.0 Å². The van der Waals surface area contributed by atoms with Crippen LogP contribution in [0.25, 0.3) is 5.52 Å². The first-order valence-corrected chi connectivity index (χ1v) is 20.6. The van der Waals surface area contributed by atoms with E-state index in [1.807, 2.05) is 13.8 Å². The highest BCUT2D eigenvalue weighted by molar-refractivity contribution is 7.52. The Morgan fingerprint density at radius 2 is 1.58 bits per heavy atom. The van der Waals surface area contributed by atoms with Crippen molar-refractivity contribution >= 4 is 42.9 Å². The van der Waals surface area contributed by atoms with Crippen LogP contribution in [0.1, 0.15) is 80.8 Å². The van der Waals surface area contributed by atoms with Crippen molar-refractivity contribution in [1.82, 2.24) is 19.7 Å². The van der Waals surface area contributed by atoms with Gasteiger partial charge in [0, 0.05) is 5.92 Å². The maximum atomic E-state index is 14.6. The number of rotatable bonds is 19. The molecule has 18 heteroatoms. The molecule has 3 aromatic rings. The fourth-order valence-electron chi connectivity index (χ4n) is 5.69. The third kappa shape index (κ3) is 10.7. The molecule has 0 radical (unpaired) electrons. The van der Waals surface area contributed by atoms with Crippen LogP contribution in [0.5, 0.6) is 5.75 Å². The first-order chi connectivity index (χ1) is 27.0. The summed E-state index contributed by atoms with van der Waals surface area (Å²) in [6, 6.07) is 12.1. The molecule has 1 aliphatic rings. The smallest absolute Gasteiger partial charge is 0.459 e. The van der Waals surface area contributed by atoms with Crippen LogP contribution in [-0.4, -0.2) is 76.0 Å². The van der Waals surface area contributed by atoms with Gasteiger partial charge in [-0.3, -0.25) is 23.7 Å². The number of amides is 1.